The normalized spacial score (nSPS) is 14.9. The fourth-order valence-electron chi connectivity index (χ4n) is 3.71. The Morgan fingerprint density at radius 2 is 1.55 bits per heavy atom. The molecule has 0 bridgehead atoms. The minimum Gasteiger partial charge on any atom is -0.369 e. The van der Waals surface area contributed by atoms with Crippen LogP contribution in [0.25, 0.3) is 10.8 Å². The highest BCUT2D eigenvalue weighted by Crippen LogP contribution is 2.19. The van der Waals surface area contributed by atoms with Crippen LogP contribution in [-0.2, 0) is 0 Å². The maximum Gasteiger partial charge on any atom is 0.251 e. The standard InChI is InChI=1S/C23H23F2N3O/c24-20-14-21(25)16-22(15-20)28-11-9-27(10-12-28)8-7-26-23(29)19-6-5-17-3-1-2-4-18(17)13-19/h1-6,13-16H,7-12H2,(H,26,29). The molecule has 1 aliphatic heterocycles. The van der Waals surface area contributed by atoms with Crippen molar-refractivity contribution < 1.29 is 13.6 Å². The lowest BCUT2D eigenvalue weighted by Crippen LogP contribution is -2.48. The van der Waals surface area contributed by atoms with Gasteiger partial charge in [-0.15, -0.1) is 0 Å². The van der Waals surface area contributed by atoms with Crippen LogP contribution in [-0.4, -0.2) is 50.1 Å². The Labute approximate surface area is 168 Å². The average molecular weight is 395 g/mol. The largest absolute Gasteiger partial charge is 0.369 e. The number of hydrogen-bond acceptors (Lipinski definition) is 3. The summed E-state index contributed by atoms with van der Waals surface area (Å²) in [7, 11) is 0. The third-order valence-corrected chi connectivity index (χ3v) is 5.31. The molecule has 0 aromatic heterocycles. The zero-order valence-corrected chi connectivity index (χ0v) is 16.1. The molecular formula is C23H23F2N3O. The van der Waals surface area contributed by atoms with E-state index in [1.54, 1.807) is 0 Å². The topological polar surface area (TPSA) is 35.6 Å². The van der Waals surface area contributed by atoms with Crippen molar-refractivity contribution in [2.75, 3.05) is 44.2 Å². The number of anilines is 1. The molecule has 0 unspecified atom stereocenters. The number of amides is 1. The molecule has 4 nitrogen and oxygen atoms in total. The van der Waals surface area contributed by atoms with E-state index in [1.807, 2.05) is 47.4 Å². The lowest BCUT2D eigenvalue weighted by molar-refractivity contribution is 0.0948. The van der Waals surface area contributed by atoms with Crippen molar-refractivity contribution in [2.24, 2.45) is 0 Å². The number of piperazine rings is 1. The predicted molar refractivity (Wildman–Crippen MR) is 111 cm³/mol. The van der Waals surface area contributed by atoms with Crippen LogP contribution in [0, 0.1) is 11.6 Å². The molecule has 6 heteroatoms. The summed E-state index contributed by atoms with van der Waals surface area (Å²) in [6.07, 6.45) is 0. The average Bonchev–Trinajstić information content (AvgIpc) is 2.73. The van der Waals surface area contributed by atoms with Crippen LogP contribution in [0.2, 0.25) is 0 Å². The van der Waals surface area contributed by atoms with Crippen molar-refractivity contribution in [2.45, 2.75) is 0 Å². The molecule has 0 radical (unpaired) electrons. The summed E-state index contributed by atoms with van der Waals surface area (Å²) < 4.78 is 26.8. The molecule has 1 heterocycles. The van der Waals surface area contributed by atoms with E-state index in [0.29, 0.717) is 30.9 Å². The van der Waals surface area contributed by atoms with Gasteiger partial charge in [-0.25, -0.2) is 8.78 Å². The highest BCUT2D eigenvalue weighted by atomic mass is 19.1. The Kier molecular flexibility index (Phi) is 5.71. The van der Waals surface area contributed by atoms with Gasteiger partial charge < -0.3 is 10.2 Å². The number of nitrogens with one attached hydrogen (secondary N) is 1. The number of carbonyl (C=O) groups is 1. The Hall–Kier alpha value is -2.99. The molecule has 0 atom stereocenters. The summed E-state index contributed by atoms with van der Waals surface area (Å²) in [6, 6.07) is 17.3. The second-order valence-electron chi connectivity index (χ2n) is 7.27. The van der Waals surface area contributed by atoms with Gasteiger partial charge in [0.05, 0.1) is 0 Å². The summed E-state index contributed by atoms with van der Waals surface area (Å²) in [6.45, 7) is 4.25. The third kappa shape index (κ3) is 4.71. The molecule has 29 heavy (non-hydrogen) atoms. The van der Waals surface area contributed by atoms with E-state index in [9.17, 15) is 13.6 Å². The van der Waals surface area contributed by atoms with Crippen LogP contribution in [0.5, 0.6) is 0 Å². The molecule has 1 amide bonds. The monoisotopic (exact) mass is 395 g/mol. The van der Waals surface area contributed by atoms with E-state index in [0.717, 1.165) is 36.5 Å². The van der Waals surface area contributed by atoms with Crippen molar-refractivity contribution in [1.82, 2.24) is 10.2 Å². The van der Waals surface area contributed by atoms with Crippen molar-refractivity contribution in [3.63, 3.8) is 0 Å². The molecule has 4 rings (SSSR count). The van der Waals surface area contributed by atoms with E-state index in [-0.39, 0.29) is 5.91 Å². The Bertz CT molecular complexity index is 996. The zero-order chi connectivity index (χ0) is 20.2. The molecular weight excluding hydrogens is 372 g/mol. The van der Waals surface area contributed by atoms with E-state index < -0.39 is 11.6 Å². The molecule has 3 aromatic rings. The van der Waals surface area contributed by atoms with Crippen LogP contribution in [0.1, 0.15) is 10.4 Å². The summed E-state index contributed by atoms with van der Waals surface area (Å²) >= 11 is 0. The minimum absolute atomic E-state index is 0.0791. The molecule has 1 fully saturated rings. The zero-order valence-electron chi connectivity index (χ0n) is 16.1. The van der Waals surface area contributed by atoms with E-state index >= 15 is 0 Å². The number of carbonyl (C=O) groups excluding carboxylic acids is 1. The first-order valence-electron chi connectivity index (χ1n) is 9.79. The summed E-state index contributed by atoms with van der Waals surface area (Å²) in [5, 5.41) is 5.13. The van der Waals surface area contributed by atoms with Gasteiger partial charge in [0.25, 0.3) is 5.91 Å². The van der Waals surface area contributed by atoms with Crippen molar-refractivity contribution >= 4 is 22.4 Å². The molecule has 150 valence electrons. The van der Waals surface area contributed by atoms with Gasteiger partial charge in [0.15, 0.2) is 0 Å². The van der Waals surface area contributed by atoms with E-state index in [2.05, 4.69) is 10.2 Å². The molecule has 1 saturated heterocycles. The van der Waals surface area contributed by atoms with Gasteiger partial charge in [-0.1, -0.05) is 30.3 Å². The smallest absolute Gasteiger partial charge is 0.251 e. The van der Waals surface area contributed by atoms with Crippen LogP contribution in [0.3, 0.4) is 0 Å². The number of halogens is 2. The van der Waals surface area contributed by atoms with E-state index in [1.165, 1.54) is 12.1 Å². The molecule has 1 N–H and O–H groups in total. The van der Waals surface area contributed by atoms with Crippen LogP contribution in [0.4, 0.5) is 14.5 Å². The maximum absolute atomic E-state index is 13.4. The molecule has 0 spiro atoms. The van der Waals surface area contributed by atoms with Crippen molar-refractivity contribution in [1.29, 1.82) is 0 Å². The second kappa shape index (κ2) is 8.57. The Balaban J connectivity index is 1.25. The van der Waals surface area contributed by atoms with Gasteiger partial charge in [0, 0.05) is 56.6 Å². The first-order chi connectivity index (χ1) is 14.1. The lowest BCUT2D eigenvalue weighted by atomic mass is 10.1. The molecule has 0 aliphatic carbocycles. The number of fused-ring (bicyclic) bond motifs is 1. The third-order valence-electron chi connectivity index (χ3n) is 5.31. The van der Waals surface area contributed by atoms with Gasteiger partial charge >= 0.3 is 0 Å². The minimum atomic E-state index is -0.557. The number of benzene rings is 3. The van der Waals surface area contributed by atoms with Gasteiger partial charge in [-0.3, -0.25) is 9.69 Å². The maximum atomic E-state index is 13.4. The molecule has 1 aliphatic rings. The quantitative estimate of drug-likeness (QED) is 0.716. The predicted octanol–water partition coefficient (Wildman–Crippen LogP) is 3.67. The number of rotatable bonds is 5. The van der Waals surface area contributed by atoms with Crippen LogP contribution >= 0.6 is 0 Å². The Morgan fingerprint density at radius 3 is 2.28 bits per heavy atom. The number of hydrogen-bond donors (Lipinski definition) is 1. The van der Waals surface area contributed by atoms with Gasteiger partial charge in [-0.05, 0) is 35.0 Å². The van der Waals surface area contributed by atoms with Crippen LogP contribution < -0.4 is 10.2 Å². The Morgan fingerprint density at radius 1 is 0.862 bits per heavy atom. The SMILES string of the molecule is O=C(NCCN1CCN(c2cc(F)cc(F)c2)CC1)c1ccc2ccccc2c1. The first kappa shape index (κ1) is 19.3. The summed E-state index contributed by atoms with van der Waals surface area (Å²) in [4.78, 5) is 16.6. The summed E-state index contributed by atoms with van der Waals surface area (Å²) in [5.41, 5.74) is 1.23. The fraction of sp³-hybridized carbons (Fsp3) is 0.261. The van der Waals surface area contributed by atoms with Gasteiger partial charge in [0.1, 0.15) is 11.6 Å². The first-order valence-corrected chi connectivity index (χ1v) is 9.79. The second-order valence-corrected chi connectivity index (χ2v) is 7.27. The molecule has 3 aromatic carbocycles. The van der Waals surface area contributed by atoms with Crippen molar-refractivity contribution in [3.8, 4) is 0 Å². The van der Waals surface area contributed by atoms with Crippen molar-refractivity contribution in [3.05, 3.63) is 77.9 Å². The van der Waals surface area contributed by atoms with Crippen LogP contribution in [0.15, 0.2) is 60.7 Å². The lowest BCUT2D eigenvalue weighted by Gasteiger charge is -2.36. The highest BCUT2D eigenvalue weighted by molar-refractivity contribution is 5.98. The summed E-state index contributed by atoms with van der Waals surface area (Å²) in [5.74, 6) is -1.19. The highest BCUT2D eigenvalue weighted by Gasteiger charge is 2.18. The van der Waals surface area contributed by atoms with Gasteiger partial charge in [-0.2, -0.15) is 0 Å². The molecule has 0 saturated carbocycles. The number of nitrogens with zero attached hydrogens (tertiary/aromatic N) is 2. The van der Waals surface area contributed by atoms with Gasteiger partial charge in [0.2, 0.25) is 0 Å². The van der Waals surface area contributed by atoms with E-state index in [4.69, 9.17) is 0 Å². The fourth-order valence-corrected chi connectivity index (χ4v) is 3.71.